The van der Waals surface area contributed by atoms with Crippen LogP contribution in [0.4, 0.5) is 10.5 Å². The maximum Gasteiger partial charge on any atom is 0.336 e. The Morgan fingerprint density at radius 3 is 2.43 bits per heavy atom. The molecule has 1 aromatic carbocycles. The Hall–Kier alpha value is -2.32. The van der Waals surface area contributed by atoms with Crippen molar-refractivity contribution in [3.63, 3.8) is 0 Å². The predicted molar refractivity (Wildman–Crippen MR) is 74.0 cm³/mol. The van der Waals surface area contributed by atoms with Gasteiger partial charge in [0.25, 0.3) is 0 Å². The number of phenolic OH excluding ortho intramolecular Hbond substituents is 1. The molecule has 0 aliphatic carbocycles. The molecule has 0 saturated carbocycles. The average molecular weight is 295 g/mol. The average Bonchev–Trinajstić information content (AvgIpc) is 2.46. The molecule has 1 fully saturated rings. The summed E-state index contributed by atoms with van der Waals surface area (Å²) in [6.07, 6.45) is 0. The van der Waals surface area contributed by atoms with E-state index in [0.29, 0.717) is 32.0 Å². The molecule has 2 amide bonds. The number of carboxylic acid groups (broad SMARTS) is 1. The van der Waals surface area contributed by atoms with E-state index in [0.717, 1.165) is 4.90 Å². The minimum Gasteiger partial charge on any atom is -0.508 e. The van der Waals surface area contributed by atoms with E-state index in [1.54, 1.807) is 5.01 Å². The number of nitrogens with one attached hydrogen (secondary N) is 1. The first-order valence-corrected chi connectivity index (χ1v) is 6.48. The molecule has 114 valence electrons. The number of rotatable bonds is 4. The quantitative estimate of drug-likeness (QED) is 0.735. The molecule has 8 nitrogen and oxygen atoms in total. The highest BCUT2D eigenvalue weighted by Crippen LogP contribution is 2.18. The van der Waals surface area contributed by atoms with Gasteiger partial charge in [0.1, 0.15) is 12.3 Å². The summed E-state index contributed by atoms with van der Waals surface area (Å²) in [6.45, 7) is 1.64. The summed E-state index contributed by atoms with van der Waals surface area (Å²) in [5.41, 5.74) is 3.04. The van der Waals surface area contributed by atoms with E-state index in [4.69, 9.17) is 9.84 Å². The fraction of sp³-hybridized carbons (Fsp3) is 0.385. The van der Waals surface area contributed by atoms with Crippen LogP contribution < -0.4 is 10.3 Å². The molecular weight excluding hydrogens is 278 g/mol. The predicted octanol–water partition coefficient (Wildman–Crippen LogP) is 0.240. The fourth-order valence-corrected chi connectivity index (χ4v) is 1.92. The van der Waals surface area contributed by atoms with Gasteiger partial charge >= 0.3 is 12.0 Å². The maximum atomic E-state index is 12.2. The molecule has 0 spiro atoms. The van der Waals surface area contributed by atoms with E-state index >= 15 is 0 Å². The molecule has 0 atom stereocenters. The number of anilines is 1. The van der Waals surface area contributed by atoms with Crippen LogP contribution in [0.25, 0.3) is 0 Å². The highest BCUT2D eigenvalue weighted by molar-refractivity contribution is 5.96. The van der Waals surface area contributed by atoms with Crippen molar-refractivity contribution in [1.29, 1.82) is 0 Å². The number of urea groups is 1. The molecule has 1 saturated heterocycles. The Labute approximate surface area is 121 Å². The largest absolute Gasteiger partial charge is 0.508 e. The van der Waals surface area contributed by atoms with Crippen LogP contribution in [0.5, 0.6) is 5.75 Å². The van der Waals surface area contributed by atoms with Crippen molar-refractivity contribution < 1.29 is 24.5 Å². The first-order chi connectivity index (χ1) is 10.1. The van der Waals surface area contributed by atoms with Gasteiger partial charge in [-0.2, -0.15) is 0 Å². The lowest BCUT2D eigenvalue weighted by atomic mass is 10.3. The summed E-state index contributed by atoms with van der Waals surface area (Å²) in [6, 6.07) is 5.22. The number of aliphatic carboxylic acids is 1. The van der Waals surface area contributed by atoms with E-state index in [9.17, 15) is 14.7 Å². The van der Waals surface area contributed by atoms with Gasteiger partial charge in [0.15, 0.2) is 0 Å². The van der Waals surface area contributed by atoms with E-state index in [2.05, 4.69) is 5.43 Å². The minimum absolute atomic E-state index is 0.0441. The van der Waals surface area contributed by atoms with Crippen molar-refractivity contribution in [3.05, 3.63) is 24.3 Å². The van der Waals surface area contributed by atoms with Gasteiger partial charge in [-0.1, -0.05) is 0 Å². The van der Waals surface area contributed by atoms with Crippen LogP contribution in [0.2, 0.25) is 0 Å². The second-order valence-electron chi connectivity index (χ2n) is 4.51. The zero-order chi connectivity index (χ0) is 15.2. The van der Waals surface area contributed by atoms with Gasteiger partial charge in [0, 0.05) is 18.8 Å². The number of nitrogens with zero attached hydrogens (tertiary/aromatic N) is 2. The molecule has 1 aliphatic rings. The Balaban J connectivity index is 2.08. The third-order valence-corrected chi connectivity index (χ3v) is 2.96. The third kappa shape index (κ3) is 4.33. The van der Waals surface area contributed by atoms with Gasteiger partial charge in [-0.05, 0) is 24.3 Å². The van der Waals surface area contributed by atoms with Crippen LogP contribution in [0.1, 0.15) is 0 Å². The van der Waals surface area contributed by atoms with Gasteiger partial charge in [-0.3, -0.25) is 15.1 Å². The molecule has 1 aliphatic heterocycles. The molecule has 2 rings (SSSR count). The number of benzene rings is 1. The molecule has 0 unspecified atom stereocenters. The summed E-state index contributed by atoms with van der Waals surface area (Å²) < 4.78 is 5.18. The highest BCUT2D eigenvalue weighted by Gasteiger charge is 2.21. The van der Waals surface area contributed by atoms with Crippen molar-refractivity contribution >= 4 is 17.7 Å². The van der Waals surface area contributed by atoms with Crippen molar-refractivity contribution in [3.8, 4) is 5.75 Å². The molecule has 3 N–H and O–H groups in total. The Morgan fingerprint density at radius 2 is 1.86 bits per heavy atom. The zero-order valence-corrected chi connectivity index (χ0v) is 11.4. The van der Waals surface area contributed by atoms with Crippen molar-refractivity contribution in [2.75, 3.05) is 37.7 Å². The second-order valence-corrected chi connectivity index (χ2v) is 4.51. The standard InChI is InChI=1S/C13H17N3O5/c17-11-3-1-10(2-4-11)16(9-12(18)19)13(20)14-15-5-7-21-8-6-15/h1-4,17H,5-9H2,(H,14,20)(H,18,19). The molecule has 1 heterocycles. The summed E-state index contributed by atoms with van der Waals surface area (Å²) in [5, 5.41) is 19.9. The SMILES string of the molecule is O=C(O)CN(C(=O)NN1CCOCC1)c1ccc(O)cc1. The highest BCUT2D eigenvalue weighted by atomic mass is 16.5. The smallest absolute Gasteiger partial charge is 0.336 e. The minimum atomic E-state index is -1.12. The van der Waals surface area contributed by atoms with E-state index < -0.39 is 18.5 Å². The molecule has 8 heteroatoms. The number of hydrogen-bond donors (Lipinski definition) is 3. The normalized spacial score (nSPS) is 15.4. The Bertz CT molecular complexity index is 499. The zero-order valence-electron chi connectivity index (χ0n) is 11.4. The number of hydrazine groups is 1. The van der Waals surface area contributed by atoms with Crippen molar-refractivity contribution in [2.24, 2.45) is 0 Å². The monoisotopic (exact) mass is 295 g/mol. The van der Waals surface area contributed by atoms with Gasteiger partial charge in [-0.25, -0.2) is 9.80 Å². The maximum absolute atomic E-state index is 12.2. The summed E-state index contributed by atoms with van der Waals surface area (Å²) in [5.74, 6) is -1.08. The summed E-state index contributed by atoms with van der Waals surface area (Å²) >= 11 is 0. The number of morpholine rings is 1. The van der Waals surface area contributed by atoms with Crippen molar-refractivity contribution in [1.82, 2.24) is 10.4 Å². The van der Waals surface area contributed by atoms with Gasteiger partial charge in [-0.15, -0.1) is 0 Å². The van der Waals surface area contributed by atoms with Gasteiger partial charge in [0.05, 0.1) is 13.2 Å². The van der Waals surface area contributed by atoms with Crippen LogP contribution in [-0.4, -0.2) is 60.1 Å². The summed E-state index contributed by atoms with van der Waals surface area (Å²) in [7, 11) is 0. The van der Waals surface area contributed by atoms with Gasteiger partial charge in [0.2, 0.25) is 0 Å². The lowest BCUT2D eigenvalue weighted by molar-refractivity contribution is -0.135. The molecule has 1 aromatic rings. The number of carbonyl (C=O) groups is 2. The van der Waals surface area contributed by atoms with Crippen LogP contribution in [0, 0.1) is 0 Å². The number of amides is 2. The molecule has 0 aromatic heterocycles. The summed E-state index contributed by atoms with van der Waals surface area (Å²) in [4.78, 5) is 24.3. The third-order valence-electron chi connectivity index (χ3n) is 2.96. The van der Waals surface area contributed by atoms with Crippen molar-refractivity contribution in [2.45, 2.75) is 0 Å². The number of aromatic hydroxyl groups is 1. The topological polar surface area (TPSA) is 102 Å². The second kappa shape index (κ2) is 6.91. The van der Waals surface area contributed by atoms with Crippen LogP contribution in [-0.2, 0) is 9.53 Å². The van der Waals surface area contributed by atoms with E-state index in [1.807, 2.05) is 0 Å². The first-order valence-electron chi connectivity index (χ1n) is 6.48. The van der Waals surface area contributed by atoms with Crippen LogP contribution in [0.15, 0.2) is 24.3 Å². The molecule has 0 radical (unpaired) electrons. The molecular formula is C13H17N3O5. The number of carbonyl (C=O) groups excluding carboxylic acids is 1. The van der Waals surface area contributed by atoms with E-state index in [1.165, 1.54) is 24.3 Å². The number of phenols is 1. The number of carboxylic acids is 1. The molecule has 21 heavy (non-hydrogen) atoms. The molecule has 0 bridgehead atoms. The van der Waals surface area contributed by atoms with E-state index in [-0.39, 0.29) is 5.75 Å². The van der Waals surface area contributed by atoms with Crippen LogP contribution in [0.3, 0.4) is 0 Å². The Kier molecular flexibility index (Phi) is 4.96. The Morgan fingerprint density at radius 1 is 1.24 bits per heavy atom. The van der Waals surface area contributed by atoms with Gasteiger partial charge < -0.3 is 14.9 Å². The number of ether oxygens (including phenoxy) is 1. The lowest BCUT2D eigenvalue weighted by Crippen LogP contribution is -2.53. The lowest BCUT2D eigenvalue weighted by Gasteiger charge is -2.30. The van der Waals surface area contributed by atoms with Crippen LogP contribution >= 0.6 is 0 Å². The fourth-order valence-electron chi connectivity index (χ4n) is 1.92. The number of hydrogen-bond acceptors (Lipinski definition) is 5. The first kappa shape index (κ1) is 15.1.